The molecule has 0 radical (unpaired) electrons. The maximum Gasteiger partial charge on any atom is 0.0655 e. The molecule has 2 atom stereocenters. The summed E-state index contributed by atoms with van der Waals surface area (Å²) in [6.07, 6.45) is 5.34. The molecule has 2 heteroatoms. The Kier molecular flexibility index (Phi) is 6.86. The van der Waals surface area contributed by atoms with E-state index in [9.17, 15) is 10.2 Å². The van der Waals surface area contributed by atoms with Crippen molar-refractivity contribution in [1.82, 2.24) is 0 Å². The third-order valence-electron chi connectivity index (χ3n) is 3.07. The van der Waals surface area contributed by atoms with Crippen LogP contribution in [0.3, 0.4) is 0 Å². The Labute approximate surface area is 94.0 Å². The first-order valence-corrected chi connectivity index (χ1v) is 6.02. The van der Waals surface area contributed by atoms with E-state index in [0.29, 0.717) is 6.42 Å². The quantitative estimate of drug-likeness (QED) is 0.610. The molecule has 0 aromatic heterocycles. The van der Waals surface area contributed by atoms with Gasteiger partial charge in [0.2, 0.25) is 0 Å². The van der Waals surface area contributed by atoms with Crippen LogP contribution in [-0.2, 0) is 0 Å². The van der Waals surface area contributed by atoms with Crippen LogP contribution < -0.4 is 0 Å². The largest absolute Gasteiger partial charge is 0.393 e. The molecule has 0 aliphatic carbocycles. The van der Waals surface area contributed by atoms with E-state index in [1.165, 1.54) is 0 Å². The molecule has 2 nitrogen and oxygen atoms in total. The number of aliphatic hydroxyl groups is 2. The Morgan fingerprint density at radius 2 is 1.67 bits per heavy atom. The fourth-order valence-electron chi connectivity index (χ4n) is 2.29. The topological polar surface area (TPSA) is 40.5 Å². The van der Waals surface area contributed by atoms with Gasteiger partial charge in [-0.2, -0.15) is 0 Å². The summed E-state index contributed by atoms with van der Waals surface area (Å²) < 4.78 is 0. The molecule has 2 unspecified atom stereocenters. The average Bonchev–Trinajstić information content (AvgIpc) is 2.16. The van der Waals surface area contributed by atoms with Gasteiger partial charge in [-0.3, -0.25) is 0 Å². The minimum Gasteiger partial charge on any atom is -0.393 e. The predicted molar refractivity (Wildman–Crippen MR) is 64.8 cm³/mol. The van der Waals surface area contributed by atoms with Crippen LogP contribution in [0.2, 0.25) is 0 Å². The maximum atomic E-state index is 10.2. The smallest absolute Gasteiger partial charge is 0.0655 e. The van der Waals surface area contributed by atoms with E-state index in [1.54, 1.807) is 6.92 Å². The van der Waals surface area contributed by atoms with E-state index >= 15 is 0 Å². The summed E-state index contributed by atoms with van der Waals surface area (Å²) in [6.45, 7) is 9.80. The summed E-state index contributed by atoms with van der Waals surface area (Å²) in [5.41, 5.74) is -0.208. The highest BCUT2D eigenvalue weighted by molar-refractivity contribution is 4.99. The number of hydrogen-bond acceptors (Lipinski definition) is 2. The molecule has 0 spiro atoms. The summed E-state index contributed by atoms with van der Waals surface area (Å²) in [6, 6.07) is 0. The molecular formula is C13H26O2. The number of aliphatic hydroxyl groups excluding tert-OH is 2. The van der Waals surface area contributed by atoms with Gasteiger partial charge in [-0.1, -0.05) is 32.8 Å². The van der Waals surface area contributed by atoms with E-state index in [0.717, 1.165) is 25.7 Å². The molecule has 15 heavy (non-hydrogen) atoms. The Hall–Kier alpha value is -0.340. The molecule has 0 aromatic carbocycles. The summed E-state index contributed by atoms with van der Waals surface area (Å²) in [5.74, 6) is 0. The SMILES string of the molecule is C=CC(CCC)(CCC)C(O)CC(C)O. The van der Waals surface area contributed by atoms with Gasteiger partial charge in [0.05, 0.1) is 12.2 Å². The Balaban J connectivity index is 4.62. The highest BCUT2D eigenvalue weighted by atomic mass is 16.3. The molecule has 0 rings (SSSR count). The fourth-order valence-corrected chi connectivity index (χ4v) is 2.29. The molecule has 0 saturated heterocycles. The van der Waals surface area contributed by atoms with Gasteiger partial charge in [0.25, 0.3) is 0 Å². The van der Waals surface area contributed by atoms with E-state index in [1.807, 2.05) is 6.08 Å². The van der Waals surface area contributed by atoms with Crippen LogP contribution in [-0.4, -0.2) is 22.4 Å². The van der Waals surface area contributed by atoms with Crippen molar-refractivity contribution in [3.8, 4) is 0 Å². The number of hydrogen-bond donors (Lipinski definition) is 2. The van der Waals surface area contributed by atoms with Crippen LogP contribution in [0, 0.1) is 5.41 Å². The molecule has 90 valence electrons. The molecular weight excluding hydrogens is 188 g/mol. The molecule has 0 fully saturated rings. The van der Waals surface area contributed by atoms with Crippen LogP contribution >= 0.6 is 0 Å². The zero-order chi connectivity index (χ0) is 11.9. The van der Waals surface area contributed by atoms with Gasteiger partial charge in [-0.15, -0.1) is 6.58 Å². The third kappa shape index (κ3) is 4.35. The van der Waals surface area contributed by atoms with Crippen molar-refractivity contribution in [3.63, 3.8) is 0 Å². The monoisotopic (exact) mass is 214 g/mol. The Morgan fingerprint density at radius 3 is 1.93 bits per heavy atom. The molecule has 0 heterocycles. The van der Waals surface area contributed by atoms with Crippen LogP contribution in [0.25, 0.3) is 0 Å². The first kappa shape index (κ1) is 14.7. The molecule has 0 aromatic rings. The second-order valence-electron chi connectivity index (χ2n) is 4.54. The summed E-state index contributed by atoms with van der Waals surface area (Å²) in [4.78, 5) is 0. The molecule has 0 saturated carbocycles. The second kappa shape index (κ2) is 7.02. The van der Waals surface area contributed by atoms with Crippen molar-refractivity contribution in [2.45, 2.75) is 65.1 Å². The van der Waals surface area contributed by atoms with Gasteiger partial charge in [0.1, 0.15) is 0 Å². The summed E-state index contributed by atoms with van der Waals surface area (Å²) in [5, 5.41) is 19.5. The van der Waals surface area contributed by atoms with Crippen LogP contribution in [0.4, 0.5) is 0 Å². The van der Waals surface area contributed by atoms with Crippen LogP contribution in [0.15, 0.2) is 12.7 Å². The van der Waals surface area contributed by atoms with Crippen molar-refractivity contribution < 1.29 is 10.2 Å². The van der Waals surface area contributed by atoms with Crippen molar-refractivity contribution >= 4 is 0 Å². The first-order chi connectivity index (χ1) is 7.02. The first-order valence-electron chi connectivity index (χ1n) is 6.02. The lowest BCUT2D eigenvalue weighted by Crippen LogP contribution is -2.35. The van der Waals surface area contributed by atoms with E-state index < -0.39 is 12.2 Å². The molecule has 2 N–H and O–H groups in total. The highest BCUT2D eigenvalue weighted by Crippen LogP contribution is 2.36. The second-order valence-corrected chi connectivity index (χ2v) is 4.54. The highest BCUT2D eigenvalue weighted by Gasteiger charge is 2.33. The Morgan fingerprint density at radius 1 is 1.20 bits per heavy atom. The summed E-state index contributed by atoms with van der Waals surface area (Å²) in [7, 11) is 0. The molecule has 0 aliphatic rings. The zero-order valence-electron chi connectivity index (χ0n) is 10.4. The van der Waals surface area contributed by atoms with Crippen molar-refractivity contribution in [1.29, 1.82) is 0 Å². The van der Waals surface area contributed by atoms with Crippen molar-refractivity contribution in [2.75, 3.05) is 0 Å². The third-order valence-corrected chi connectivity index (χ3v) is 3.07. The molecule has 0 amide bonds. The van der Waals surface area contributed by atoms with Gasteiger partial charge < -0.3 is 10.2 Å². The Bertz CT molecular complexity index is 169. The molecule has 0 bridgehead atoms. The number of rotatable bonds is 8. The zero-order valence-corrected chi connectivity index (χ0v) is 10.4. The average molecular weight is 214 g/mol. The van der Waals surface area contributed by atoms with Crippen molar-refractivity contribution in [2.24, 2.45) is 5.41 Å². The lowest BCUT2D eigenvalue weighted by atomic mass is 9.73. The van der Waals surface area contributed by atoms with Crippen LogP contribution in [0.5, 0.6) is 0 Å². The lowest BCUT2D eigenvalue weighted by molar-refractivity contribution is 0.00634. The van der Waals surface area contributed by atoms with Crippen molar-refractivity contribution in [3.05, 3.63) is 12.7 Å². The van der Waals surface area contributed by atoms with E-state index in [-0.39, 0.29) is 5.41 Å². The predicted octanol–water partition coefficient (Wildman–Crippen LogP) is 2.89. The van der Waals surface area contributed by atoms with E-state index in [2.05, 4.69) is 20.4 Å². The minimum absolute atomic E-state index is 0.208. The lowest BCUT2D eigenvalue weighted by Gasteiger charge is -2.36. The van der Waals surface area contributed by atoms with Crippen LogP contribution in [0.1, 0.15) is 52.9 Å². The molecule has 0 aliphatic heterocycles. The van der Waals surface area contributed by atoms with Gasteiger partial charge in [0.15, 0.2) is 0 Å². The minimum atomic E-state index is -0.477. The van der Waals surface area contributed by atoms with Gasteiger partial charge in [-0.25, -0.2) is 0 Å². The normalized spacial score (nSPS) is 16.1. The maximum absolute atomic E-state index is 10.2. The van der Waals surface area contributed by atoms with Gasteiger partial charge in [0, 0.05) is 5.41 Å². The summed E-state index contributed by atoms with van der Waals surface area (Å²) >= 11 is 0. The van der Waals surface area contributed by atoms with E-state index in [4.69, 9.17) is 0 Å². The van der Waals surface area contributed by atoms with Gasteiger partial charge >= 0.3 is 0 Å². The standard InChI is InChI=1S/C13H26O2/c1-5-8-13(7-3,9-6-2)12(15)10-11(4)14/h7,11-12,14-15H,3,5-6,8-10H2,1-2,4H3. The van der Waals surface area contributed by atoms with Gasteiger partial charge in [-0.05, 0) is 26.2 Å². The fraction of sp³-hybridized carbons (Fsp3) is 0.846.